The number of ether oxygens (including phenoxy) is 1. The van der Waals surface area contributed by atoms with Crippen molar-refractivity contribution in [3.05, 3.63) is 0 Å². The number of nitrogens with one attached hydrogen (secondary N) is 2. The first kappa shape index (κ1) is 18.2. The van der Waals surface area contributed by atoms with Gasteiger partial charge in [0, 0.05) is 18.5 Å². The molecule has 0 radical (unpaired) electrons. The first-order chi connectivity index (χ1) is 9.19. The summed E-state index contributed by atoms with van der Waals surface area (Å²) in [4.78, 5) is 31.4. The summed E-state index contributed by atoms with van der Waals surface area (Å²) >= 11 is 0. The Balaban J connectivity index is 0.00000110. The average Bonchev–Trinajstić information content (AvgIpc) is 2.62. The van der Waals surface area contributed by atoms with Crippen molar-refractivity contribution in [2.45, 2.75) is 52.2 Å². The quantitative estimate of drug-likeness (QED) is 0.657. The molecule has 1 heterocycles. The molecule has 1 saturated heterocycles. The summed E-state index contributed by atoms with van der Waals surface area (Å²) in [5.41, 5.74) is 3.68. The fourth-order valence-corrected chi connectivity index (χ4v) is 1.86. The van der Waals surface area contributed by atoms with Gasteiger partial charge in [-0.15, -0.1) is 0 Å². The van der Waals surface area contributed by atoms with Crippen molar-refractivity contribution >= 4 is 18.4 Å². The lowest BCUT2D eigenvalue weighted by Crippen LogP contribution is -2.39. The summed E-state index contributed by atoms with van der Waals surface area (Å²) in [5.74, 6) is 0.0998. The molecule has 0 aliphatic carbocycles. The molecule has 0 aromatic rings. The van der Waals surface area contributed by atoms with Crippen LogP contribution < -0.4 is 16.4 Å². The number of alkyl carbamates (subject to hydrolysis) is 1. The fourth-order valence-electron chi connectivity index (χ4n) is 1.86. The molecule has 1 aliphatic heterocycles. The number of nitrogens with two attached hydrogens (primary N) is 1. The molecular formula is C13H25N3O4. The lowest BCUT2D eigenvalue weighted by atomic mass is 9.99. The molecular weight excluding hydrogens is 262 g/mol. The highest BCUT2D eigenvalue weighted by molar-refractivity contribution is 5.80. The van der Waals surface area contributed by atoms with Gasteiger partial charge in [0.25, 0.3) is 0 Å². The van der Waals surface area contributed by atoms with E-state index in [2.05, 4.69) is 16.4 Å². The molecule has 2 unspecified atom stereocenters. The Morgan fingerprint density at radius 3 is 2.55 bits per heavy atom. The van der Waals surface area contributed by atoms with E-state index in [4.69, 9.17) is 9.53 Å². The topological polar surface area (TPSA) is 111 Å². The van der Waals surface area contributed by atoms with Gasteiger partial charge >= 0.3 is 6.09 Å². The molecule has 7 nitrogen and oxygen atoms in total. The third kappa shape index (κ3) is 8.34. The van der Waals surface area contributed by atoms with Crippen LogP contribution in [-0.2, 0) is 14.3 Å². The standard InChI is InChI=1S/C12H22N2O3.CH3NO/c1-8(7-9-5-6-13-10(9)15)14-11(16)17-12(2,3)4;2-1-3/h8-9H,5-7H2,1-4H3,(H,13,15)(H,14,16);1H,(H2,2,3). The van der Waals surface area contributed by atoms with Crippen molar-refractivity contribution in [3.63, 3.8) is 0 Å². The minimum Gasteiger partial charge on any atom is -0.444 e. The van der Waals surface area contributed by atoms with Gasteiger partial charge in [-0.2, -0.15) is 0 Å². The van der Waals surface area contributed by atoms with E-state index in [0.29, 0.717) is 6.42 Å². The maximum atomic E-state index is 11.5. The molecule has 0 aromatic carbocycles. The van der Waals surface area contributed by atoms with Crippen molar-refractivity contribution in [1.29, 1.82) is 0 Å². The number of hydrogen-bond acceptors (Lipinski definition) is 4. The van der Waals surface area contributed by atoms with Gasteiger partial charge in [0.05, 0.1) is 0 Å². The summed E-state index contributed by atoms with van der Waals surface area (Å²) in [7, 11) is 0. The Kier molecular flexibility index (Phi) is 7.64. The number of carbonyl (C=O) groups excluding carboxylic acids is 3. The molecule has 1 aliphatic rings. The second kappa shape index (κ2) is 8.39. The number of primary amides is 1. The lowest BCUT2D eigenvalue weighted by Gasteiger charge is -2.22. The average molecular weight is 287 g/mol. The van der Waals surface area contributed by atoms with E-state index in [1.165, 1.54) is 0 Å². The normalized spacial score (nSPS) is 19.2. The Hall–Kier alpha value is -1.79. The highest BCUT2D eigenvalue weighted by atomic mass is 16.6. The summed E-state index contributed by atoms with van der Waals surface area (Å²) in [6.07, 6.45) is 1.33. The zero-order valence-corrected chi connectivity index (χ0v) is 12.6. The van der Waals surface area contributed by atoms with Crippen molar-refractivity contribution in [1.82, 2.24) is 10.6 Å². The molecule has 2 atom stereocenters. The Bertz CT molecular complexity index is 339. The van der Waals surface area contributed by atoms with Crippen molar-refractivity contribution in [3.8, 4) is 0 Å². The van der Waals surface area contributed by atoms with Crippen LogP contribution >= 0.6 is 0 Å². The second-order valence-corrected chi connectivity index (χ2v) is 5.70. The van der Waals surface area contributed by atoms with Gasteiger partial charge < -0.3 is 21.1 Å². The van der Waals surface area contributed by atoms with Crippen LogP contribution in [0.25, 0.3) is 0 Å². The van der Waals surface area contributed by atoms with Gasteiger partial charge in [0.1, 0.15) is 5.60 Å². The van der Waals surface area contributed by atoms with E-state index in [0.717, 1.165) is 13.0 Å². The van der Waals surface area contributed by atoms with E-state index in [9.17, 15) is 9.59 Å². The van der Waals surface area contributed by atoms with Crippen LogP contribution in [0, 0.1) is 5.92 Å². The van der Waals surface area contributed by atoms with Crippen LogP contribution in [0.4, 0.5) is 4.79 Å². The molecule has 0 aromatic heterocycles. The Morgan fingerprint density at radius 1 is 1.60 bits per heavy atom. The van der Waals surface area contributed by atoms with Crippen LogP contribution in [0.3, 0.4) is 0 Å². The second-order valence-electron chi connectivity index (χ2n) is 5.70. The zero-order chi connectivity index (χ0) is 15.8. The maximum Gasteiger partial charge on any atom is 0.407 e. The predicted molar refractivity (Wildman–Crippen MR) is 74.8 cm³/mol. The van der Waals surface area contributed by atoms with E-state index in [-0.39, 0.29) is 24.3 Å². The smallest absolute Gasteiger partial charge is 0.407 e. The molecule has 20 heavy (non-hydrogen) atoms. The molecule has 7 heteroatoms. The van der Waals surface area contributed by atoms with Gasteiger partial charge in [0.2, 0.25) is 12.3 Å². The van der Waals surface area contributed by atoms with Gasteiger partial charge in [-0.3, -0.25) is 9.59 Å². The van der Waals surface area contributed by atoms with Crippen LogP contribution in [0.1, 0.15) is 40.5 Å². The van der Waals surface area contributed by atoms with Crippen LogP contribution in [0.15, 0.2) is 0 Å². The molecule has 116 valence electrons. The molecule has 0 spiro atoms. The number of carbonyl (C=O) groups is 3. The summed E-state index contributed by atoms with van der Waals surface area (Å²) in [5, 5.41) is 5.53. The number of hydrogen-bond donors (Lipinski definition) is 3. The van der Waals surface area contributed by atoms with E-state index in [1.54, 1.807) is 0 Å². The molecule has 4 N–H and O–H groups in total. The lowest BCUT2D eigenvalue weighted by molar-refractivity contribution is -0.122. The molecule has 0 bridgehead atoms. The molecule has 0 saturated carbocycles. The SMILES string of the molecule is CC(CC1CCNC1=O)NC(=O)OC(C)(C)C.NC=O. The minimum atomic E-state index is -0.492. The summed E-state index contributed by atoms with van der Waals surface area (Å²) in [6, 6.07) is -0.0568. The molecule has 1 rings (SSSR count). The Labute approximate surface area is 119 Å². The predicted octanol–water partition coefficient (Wildman–Crippen LogP) is 0.527. The monoisotopic (exact) mass is 287 g/mol. The fraction of sp³-hybridized carbons (Fsp3) is 0.769. The van der Waals surface area contributed by atoms with Crippen LogP contribution in [0.2, 0.25) is 0 Å². The van der Waals surface area contributed by atoms with Crippen molar-refractivity contribution in [2.24, 2.45) is 11.7 Å². The largest absolute Gasteiger partial charge is 0.444 e. The number of amides is 3. The first-order valence-corrected chi connectivity index (χ1v) is 6.62. The van der Waals surface area contributed by atoms with Gasteiger partial charge in [-0.05, 0) is 40.5 Å². The van der Waals surface area contributed by atoms with Gasteiger partial charge in [-0.25, -0.2) is 4.79 Å². The van der Waals surface area contributed by atoms with Gasteiger partial charge in [0.15, 0.2) is 0 Å². The van der Waals surface area contributed by atoms with Gasteiger partial charge in [-0.1, -0.05) is 0 Å². The summed E-state index contributed by atoms with van der Waals surface area (Å²) < 4.78 is 5.15. The third-order valence-electron chi connectivity index (χ3n) is 2.56. The minimum absolute atomic E-state index is 0.0138. The van der Waals surface area contributed by atoms with E-state index < -0.39 is 11.7 Å². The zero-order valence-electron chi connectivity index (χ0n) is 12.6. The maximum absolute atomic E-state index is 11.5. The van der Waals surface area contributed by atoms with Crippen LogP contribution in [0.5, 0.6) is 0 Å². The Morgan fingerprint density at radius 2 is 2.15 bits per heavy atom. The highest BCUT2D eigenvalue weighted by Crippen LogP contribution is 2.16. The summed E-state index contributed by atoms with van der Waals surface area (Å²) in [6.45, 7) is 8.09. The van der Waals surface area contributed by atoms with Crippen LogP contribution in [-0.4, -0.2) is 36.6 Å². The number of rotatable bonds is 3. The molecule has 3 amide bonds. The van der Waals surface area contributed by atoms with E-state index in [1.807, 2.05) is 27.7 Å². The first-order valence-electron chi connectivity index (χ1n) is 6.62. The van der Waals surface area contributed by atoms with E-state index >= 15 is 0 Å². The van der Waals surface area contributed by atoms with Crippen molar-refractivity contribution in [2.75, 3.05) is 6.54 Å². The van der Waals surface area contributed by atoms with Crippen molar-refractivity contribution < 1.29 is 19.1 Å². The third-order valence-corrected chi connectivity index (χ3v) is 2.56. The highest BCUT2D eigenvalue weighted by Gasteiger charge is 2.27. The molecule has 1 fully saturated rings.